The van der Waals surface area contributed by atoms with Crippen LogP contribution in [0.3, 0.4) is 0 Å². The van der Waals surface area contributed by atoms with E-state index in [1.165, 1.54) is 0 Å². The van der Waals surface area contributed by atoms with Crippen LogP contribution in [0.4, 0.5) is 0 Å². The van der Waals surface area contributed by atoms with Gasteiger partial charge in [0.2, 0.25) is 0 Å². The normalized spacial score (nSPS) is 10.5. The third-order valence-corrected chi connectivity index (χ3v) is 3.47. The van der Waals surface area contributed by atoms with Crippen molar-refractivity contribution in [2.45, 2.75) is 20.1 Å². The van der Waals surface area contributed by atoms with Gasteiger partial charge in [-0.1, -0.05) is 15.9 Å². The van der Waals surface area contributed by atoms with Crippen LogP contribution in [0.1, 0.15) is 17.0 Å². The fourth-order valence-electron chi connectivity index (χ4n) is 2.06. The first-order chi connectivity index (χ1) is 10.1. The predicted octanol–water partition coefficient (Wildman–Crippen LogP) is 3.46. The zero-order chi connectivity index (χ0) is 15.2. The average Bonchev–Trinajstić information content (AvgIpc) is 2.46. The van der Waals surface area contributed by atoms with E-state index in [4.69, 9.17) is 9.47 Å². The number of hydrogen-bond donors (Lipinski definition) is 1. The first kappa shape index (κ1) is 15.8. The molecule has 0 radical (unpaired) electrons. The van der Waals surface area contributed by atoms with Crippen LogP contribution in [0.2, 0.25) is 0 Å². The molecule has 1 aromatic heterocycles. The number of rotatable bonds is 6. The van der Waals surface area contributed by atoms with Crippen molar-refractivity contribution < 1.29 is 9.47 Å². The molecule has 0 atom stereocenters. The maximum Gasteiger partial charge on any atom is 0.130 e. The Morgan fingerprint density at radius 3 is 2.76 bits per heavy atom. The molecular weight excluding hydrogens is 332 g/mol. The summed E-state index contributed by atoms with van der Waals surface area (Å²) in [6, 6.07) is 9.78. The van der Waals surface area contributed by atoms with Crippen LogP contribution in [-0.2, 0) is 13.2 Å². The Bertz CT molecular complexity index is 617. The minimum Gasteiger partial charge on any atom is -0.497 e. The van der Waals surface area contributed by atoms with E-state index in [0.717, 1.165) is 39.5 Å². The van der Waals surface area contributed by atoms with Gasteiger partial charge < -0.3 is 14.8 Å². The molecule has 1 N–H and O–H groups in total. The van der Waals surface area contributed by atoms with Gasteiger partial charge in [0.05, 0.1) is 12.8 Å². The van der Waals surface area contributed by atoms with Gasteiger partial charge in [-0.3, -0.25) is 4.98 Å². The highest BCUT2D eigenvalue weighted by Crippen LogP contribution is 2.24. The Hall–Kier alpha value is -1.59. The molecule has 1 heterocycles. The highest BCUT2D eigenvalue weighted by atomic mass is 79.9. The van der Waals surface area contributed by atoms with E-state index in [1.807, 2.05) is 38.2 Å². The second-order valence-corrected chi connectivity index (χ2v) is 5.63. The smallest absolute Gasteiger partial charge is 0.130 e. The Labute approximate surface area is 133 Å². The van der Waals surface area contributed by atoms with E-state index in [1.54, 1.807) is 7.11 Å². The largest absolute Gasteiger partial charge is 0.497 e. The molecule has 21 heavy (non-hydrogen) atoms. The van der Waals surface area contributed by atoms with Crippen molar-refractivity contribution >= 4 is 15.9 Å². The third-order valence-electron chi connectivity index (χ3n) is 2.98. The minimum absolute atomic E-state index is 0.413. The van der Waals surface area contributed by atoms with Crippen LogP contribution in [0.25, 0.3) is 0 Å². The Balaban J connectivity index is 2.14. The zero-order valence-corrected chi connectivity index (χ0v) is 14.0. The number of pyridine rings is 1. The van der Waals surface area contributed by atoms with Crippen molar-refractivity contribution in [1.29, 1.82) is 0 Å². The quantitative estimate of drug-likeness (QED) is 0.866. The van der Waals surface area contributed by atoms with Crippen molar-refractivity contribution in [3.05, 3.63) is 51.8 Å². The fraction of sp³-hybridized carbons (Fsp3) is 0.312. The van der Waals surface area contributed by atoms with E-state index in [-0.39, 0.29) is 0 Å². The van der Waals surface area contributed by atoms with Gasteiger partial charge in [0.25, 0.3) is 0 Å². The molecule has 0 unspecified atom stereocenters. The average molecular weight is 351 g/mol. The van der Waals surface area contributed by atoms with Crippen molar-refractivity contribution in [3.63, 3.8) is 0 Å². The molecule has 4 nitrogen and oxygen atoms in total. The second kappa shape index (κ2) is 7.43. The van der Waals surface area contributed by atoms with E-state index < -0.39 is 0 Å². The first-order valence-electron chi connectivity index (χ1n) is 6.69. The van der Waals surface area contributed by atoms with Crippen LogP contribution in [0.5, 0.6) is 11.5 Å². The first-order valence-corrected chi connectivity index (χ1v) is 7.49. The van der Waals surface area contributed by atoms with E-state index in [2.05, 4.69) is 32.3 Å². The van der Waals surface area contributed by atoms with Crippen molar-refractivity contribution in [3.8, 4) is 11.5 Å². The van der Waals surface area contributed by atoms with Crippen LogP contribution in [-0.4, -0.2) is 19.1 Å². The summed E-state index contributed by atoms with van der Waals surface area (Å²) in [5, 5.41) is 3.14. The van der Waals surface area contributed by atoms with Crippen LogP contribution >= 0.6 is 15.9 Å². The molecule has 0 saturated heterocycles. The number of aryl methyl sites for hydroxylation is 1. The second-order valence-electron chi connectivity index (χ2n) is 4.71. The van der Waals surface area contributed by atoms with Crippen molar-refractivity contribution in [1.82, 2.24) is 10.3 Å². The van der Waals surface area contributed by atoms with Crippen molar-refractivity contribution in [2.75, 3.05) is 14.2 Å². The number of ether oxygens (including phenoxy) is 2. The standard InChI is InChI=1S/C16H19BrN2O2/c1-11-6-15(20-3)8-14(19-11)10-21-16-5-4-13(17)7-12(16)9-18-2/h4-8,18H,9-10H2,1-3H3. The maximum absolute atomic E-state index is 5.91. The minimum atomic E-state index is 0.413. The van der Waals surface area contributed by atoms with Crippen LogP contribution in [0, 0.1) is 6.92 Å². The number of aromatic nitrogens is 1. The van der Waals surface area contributed by atoms with E-state index >= 15 is 0 Å². The fourth-order valence-corrected chi connectivity index (χ4v) is 2.47. The molecule has 0 fully saturated rings. The molecule has 0 bridgehead atoms. The lowest BCUT2D eigenvalue weighted by molar-refractivity contribution is 0.296. The molecule has 0 aliphatic heterocycles. The van der Waals surface area contributed by atoms with Gasteiger partial charge in [0.15, 0.2) is 0 Å². The summed E-state index contributed by atoms with van der Waals surface area (Å²) in [4.78, 5) is 4.46. The molecule has 1 aromatic carbocycles. The lowest BCUT2D eigenvalue weighted by atomic mass is 10.2. The van der Waals surface area contributed by atoms with E-state index in [0.29, 0.717) is 6.61 Å². The monoisotopic (exact) mass is 350 g/mol. The van der Waals surface area contributed by atoms with Gasteiger partial charge in [-0.05, 0) is 32.2 Å². The topological polar surface area (TPSA) is 43.4 Å². The SMILES string of the molecule is CNCc1cc(Br)ccc1OCc1cc(OC)cc(C)n1. The summed E-state index contributed by atoms with van der Waals surface area (Å²) in [6.45, 7) is 3.10. The number of hydrogen-bond acceptors (Lipinski definition) is 4. The van der Waals surface area contributed by atoms with Gasteiger partial charge >= 0.3 is 0 Å². The Morgan fingerprint density at radius 2 is 2.05 bits per heavy atom. The number of methoxy groups -OCH3 is 1. The summed E-state index contributed by atoms with van der Waals surface area (Å²) < 4.78 is 12.2. The molecule has 2 aromatic rings. The molecule has 2 rings (SSSR count). The predicted molar refractivity (Wildman–Crippen MR) is 86.8 cm³/mol. The molecule has 0 saturated carbocycles. The van der Waals surface area contributed by atoms with E-state index in [9.17, 15) is 0 Å². The van der Waals surface area contributed by atoms with Crippen LogP contribution < -0.4 is 14.8 Å². The number of nitrogens with zero attached hydrogens (tertiary/aromatic N) is 1. The number of nitrogens with one attached hydrogen (secondary N) is 1. The molecule has 0 spiro atoms. The summed E-state index contributed by atoms with van der Waals surface area (Å²) >= 11 is 3.48. The van der Waals surface area contributed by atoms with Gasteiger partial charge in [0, 0.05) is 34.4 Å². The van der Waals surface area contributed by atoms with Gasteiger partial charge in [-0.25, -0.2) is 0 Å². The van der Waals surface area contributed by atoms with Crippen LogP contribution in [0.15, 0.2) is 34.8 Å². The molecule has 112 valence electrons. The highest BCUT2D eigenvalue weighted by Gasteiger charge is 2.06. The van der Waals surface area contributed by atoms with Crippen molar-refractivity contribution in [2.24, 2.45) is 0 Å². The van der Waals surface area contributed by atoms with Gasteiger partial charge in [-0.2, -0.15) is 0 Å². The molecule has 0 aliphatic rings. The lowest BCUT2D eigenvalue weighted by Crippen LogP contribution is -2.08. The number of halogens is 1. The number of benzene rings is 1. The lowest BCUT2D eigenvalue weighted by Gasteiger charge is -2.12. The molecule has 0 aliphatic carbocycles. The molecule has 5 heteroatoms. The summed E-state index contributed by atoms with van der Waals surface area (Å²) in [5.74, 6) is 1.65. The zero-order valence-electron chi connectivity index (χ0n) is 12.4. The Morgan fingerprint density at radius 1 is 1.24 bits per heavy atom. The Kier molecular flexibility index (Phi) is 5.59. The van der Waals surface area contributed by atoms with Gasteiger partial charge in [0.1, 0.15) is 18.1 Å². The molecular formula is C16H19BrN2O2. The van der Waals surface area contributed by atoms with Gasteiger partial charge in [-0.15, -0.1) is 0 Å². The summed E-state index contributed by atoms with van der Waals surface area (Å²) in [6.07, 6.45) is 0. The third kappa shape index (κ3) is 4.44. The summed E-state index contributed by atoms with van der Waals surface area (Å²) in [5.41, 5.74) is 2.87. The maximum atomic E-state index is 5.91. The highest BCUT2D eigenvalue weighted by molar-refractivity contribution is 9.10. The summed E-state index contributed by atoms with van der Waals surface area (Å²) in [7, 11) is 3.57. The molecule has 0 amide bonds.